The van der Waals surface area contributed by atoms with Gasteiger partial charge in [0.2, 0.25) is 0 Å². The summed E-state index contributed by atoms with van der Waals surface area (Å²) in [6, 6.07) is 8.60. The molecule has 0 radical (unpaired) electrons. The first-order valence-corrected chi connectivity index (χ1v) is 4.94. The Kier molecular flexibility index (Phi) is 3.17. The van der Waals surface area contributed by atoms with Crippen LogP contribution < -0.4 is 10.2 Å². The van der Waals surface area contributed by atoms with Crippen molar-refractivity contribution in [2.75, 3.05) is 26.0 Å². The molecule has 0 aliphatic rings. The molecule has 0 atom stereocenters. The van der Waals surface area contributed by atoms with E-state index in [1.807, 2.05) is 7.05 Å². The van der Waals surface area contributed by atoms with Crippen LogP contribution in [0.1, 0.15) is 19.4 Å². The number of benzene rings is 1. The molecule has 1 rings (SSSR count). The number of nitrogens with zero attached hydrogens (tertiary/aromatic N) is 1. The predicted octanol–water partition coefficient (Wildman–Crippen LogP) is 2.21. The minimum Gasteiger partial charge on any atom is -0.378 e. The third kappa shape index (κ3) is 2.26. The van der Waals surface area contributed by atoms with E-state index in [0.29, 0.717) is 0 Å². The molecule has 14 heavy (non-hydrogen) atoms. The van der Waals surface area contributed by atoms with Gasteiger partial charge >= 0.3 is 0 Å². The first-order valence-electron chi connectivity index (χ1n) is 4.94. The van der Waals surface area contributed by atoms with E-state index in [1.54, 1.807) is 0 Å². The molecule has 0 aliphatic heterocycles. The van der Waals surface area contributed by atoms with Crippen LogP contribution in [0, 0.1) is 0 Å². The van der Waals surface area contributed by atoms with Crippen molar-refractivity contribution < 1.29 is 0 Å². The molecule has 0 spiro atoms. The molecule has 0 unspecified atom stereocenters. The van der Waals surface area contributed by atoms with Crippen LogP contribution in [0.15, 0.2) is 24.3 Å². The second kappa shape index (κ2) is 4.01. The summed E-state index contributed by atoms with van der Waals surface area (Å²) in [5.74, 6) is 0. The molecule has 0 saturated carbocycles. The highest BCUT2D eigenvalue weighted by atomic mass is 15.1. The summed E-state index contributed by atoms with van der Waals surface area (Å²) in [6.07, 6.45) is 0. The summed E-state index contributed by atoms with van der Waals surface area (Å²) in [5, 5.41) is 3.31. The molecule has 2 heteroatoms. The molecule has 0 bridgehead atoms. The zero-order chi connectivity index (χ0) is 10.8. The average Bonchev–Trinajstić information content (AvgIpc) is 2.18. The Morgan fingerprint density at radius 2 is 1.86 bits per heavy atom. The van der Waals surface area contributed by atoms with Crippen molar-refractivity contribution in [1.29, 1.82) is 0 Å². The van der Waals surface area contributed by atoms with Gasteiger partial charge in [-0.05, 0) is 38.6 Å². The summed E-state index contributed by atoms with van der Waals surface area (Å²) in [7, 11) is 6.11. The van der Waals surface area contributed by atoms with E-state index in [4.69, 9.17) is 0 Å². The molecule has 0 amide bonds. The number of rotatable bonds is 3. The molecule has 0 fully saturated rings. The van der Waals surface area contributed by atoms with Gasteiger partial charge < -0.3 is 10.2 Å². The third-order valence-corrected chi connectivity index (χ3v) is 2.71. The van der Waals surface area contributed by atoms with Gasteiger partial charge in [0.05, 0.1) is 0 Å². The maximum absolute atomic E-state index is 3.31. The first kappa shape index (κ1) is 11.1. The molecule has 1 aromatic carbocycles. The first-order chi connectivity index (χ1) is 6.47. The Balaban J connectivity index is 3.05. The normalized spacial score (nSPS) is 11.5. The Morgan fingerprint density at radius 1 is 1.21 bits per heavy atom. The van der Waals surface area contributed by atoms with Crippen LogP contribution in [-0.4, -0.2) is 21.1 Å². The molecule has 0 saturated heterocycles. The highest BCUT2D eigenvalue weighted by Crippen LogP contribution is 2.23. The van der Waals surface area contributed by atoms with Gasteiger partial charge in [-0.1, -0.05) is 12.1 Å². The van der Waals surface area contributed by atoms with Crippen LogP contribution in [0.5, 0.6) is 0 Å². The molecule has 78 valence electrons. The summed E-state index contributed by atoms with van der Waals surface area (Å²) in [5.41, 5.74) is 2.59. The topological polar surface area (TPSA) is 15.3 Å². The standard InChI is InChI=1S/C12H20N2/c1-12(2,13-3)10-7-6-8-11(9-10)14(4)5/h6-9,13H,1-5H3. The van der Waals surface area contributed by atoms with Crippen LogP contribution >= 0.6 is 0 Å². The van der Waals surface area contributed by atoms with Crippen LogP contribution in [0.2, 0.25) is 0 Å². The smallest absolute Gasteiger partial charge is 0.0375 e. The van der Waals surface area contributed by atoms with Gasteiger partial charge in [-0.15, -0.1) is 0 Å². The van der Waals surface area contributed by atoms with Crippen molar-refractivity contribution in [3.63, 3.8) is 0 Å². The quantitative estimate of drug-likeness (QED) is 0.790. The highest BCUT2D eigenvalue weighted by molar-refractivity contribution is 5.48. The zero-order valence-electron chi connectivity index (χ0n) is 9.76. The molecule has 0 aliphatic carbocycles. The molecule has 2 nitrogen and oxygen atoms in total. The SMILES string of the molecule is CNC(C)(C)c1cccc(N(C)C)c1. The predicted molar refractivity (Wildman–Crippen MR) is 62.9 cm³/mol. The van der Waals surface area contributed by atoms with E-state index in [1.165, 1.54) is 11.3 Å². The summed E-state index contributed by atoms with van der Waals surface area (Å²) in [6.45, 7) is 4.36. The van der Waals surface area contributed by atoms with E-state index in [2.05, 4.69) is 62.4 Å². The molecular weight excluding hydrogens is 172 g/mol. The van der Waals surface area contributed by atoms with Crippen LogP contribution in [-0.2, 0) is 5.54 Å². The molecule has 0 heterocycles. The van der Waals surface area contributed by atoms with Gasteiger partial charge in [0.25, 0.3) is 0 Å². The van der Waals surface area contributed by atoms with E-state index in [9.17, 15) is 0 Å². The maximum Gasteiger partial charge on any atom is 0.0375 e. The molecular formula is C12H20N2. The maximum atomic E-state index is 3.31. The number of anilines is 1. The number of hydrogen-bond donors (Lipinski definition) is 1. The summed E-state index contributed by atoms with van der Waals surface area (Å²) >= 11 is 0. The fourth-order valence-electron chi connectivity index (χ4n) is 1.32. The van der Waals surface area contributed by atoms with E-state index >= 15 is 0 Å². The lowest BCUT2D eigenvalue weighted by Crippen LogP contribution is -2.33. The minimum atomic E-state index is 0.0337. The van der Waals surface area contributed by atoms with Crippen molar-refractivity contribution in [2.45, 2.75) is 19.4 Å². The Hall–Kier alpha value is -1.02. The van der Waals surface area contributed by atoms with Crippen molar-refractivity contribution in [3.05, 3.63) is 29.8 Å². The van der Waals surface area contributed by atoms with Gasteiger partial charge in [0.15, 0.2) is 0 Å². The fourth-order valence-corrected chi connectivity index (χ4v) is 1.32. The van der Waals surface area contributed by atoms with Crippen LogP contribution in [0.25, 0.3) is 0 Å². The van der Waals surface area contributed by atoms with Crippen LogP contribution in [0.3, 0.4) is 0 Å². The lowest BCUT2D eigenvalue weighted by Gasteiger charge is -2.26. The van der Waals surface area contributed by atoms with Gasteiger partial charge in [0, 0.05) is 25.3 Å². The monoisotopic (exact) mass is 192 g/mol. The second-order valence-electron chi connectivity index (χ2n) is 4.32. The van der Waals surface area contributed by atoms with E-state index in [-0.39, 0.29) is 5.54 Å². The van der Waals surface area contributed by atoms with Crippen molar-refractivity contribution in [1.82, 2.24) is 5.32 Å². The highest BCUT2D eigenvalue weighted by Gasteiger charge is 2.17. The Bertz CT molecular complexity index is 303. The zero-order valence-corrected chi connectivity index (χ0v) is 9.76. The van der Waals surface area contributed by atoms with Gasteiger partial charge in [-0.3, -0.25) is 0 Å². The van der Waals surface area contributed by atoms with Gasteiger partial charge in [0.1, 0.15) is 0 Å². The molecule has 1 aromatic rings. The minimum absolute atomic E-state index is 0.0337. The Morgan fingerprint density at radius 3 is 2.36 bits per heavy atom. The lowest BCUT2D eigenvalue weighted by atomic mass is 9.94. The van der Waals surface area contributed by atoms with Crippen molar-refractivity contribution in [2.24, 2.45) is 0 Å². The number of nitrogens with one attached hydrogen (secondary N) is 1. The largest absolute Gasteiger partial charge is 0.378 e. The lowest BCUT2D eigenvalue weighted by molar-refractivity contribution is 0.445. The number of hydrogen-bond acceptors (Lipinski definition) is 2. The summed E-state index contributed by atoms with van der Waals surface area (Å²) in [4.78, 5) is 2.12. The van der Waals surface area contributed by atoms with E-state index < -0.39 is 0 Å². The second-order valence-corrected chi connectivity index (χ2v) is 4.32. The average molecular weight is 192 g/mol. The van der Waals surface area contributed by atoms with Crippen molar-refractivity contribution >= 4 is 5.69 Å². The van der Waals surface area contributed by atoms with Crippen LogP contribution in [0.4, 0.5) is 5.69 Å². The fraction of sp³-hybridized carbons (Fsp3) is 0.500. The third-order valence-electron chi connectivity index (χ3n) is 2.71. The van der Waals surface area contributed by atoms with E-state index in [0.717, 1.165) is 0 Å². The summed E-state index contributed by atoms with van der Waals surface area (Å²) < 4.78 is 0. The van der Waals surface area contributed by atoms with Gasteiger partial charge in [-0.25, -0.2) is 0 Å². The Labute approximate surface area is 86.9 Å². The molecule has 0 aromatic heterocycles. The van der Waals surface area contributed by atoms with Crippen molar-refractivity contribution in [3.8, 4) is 0 Å². The van der Waals surface area contributed by atoms with Gasteiger partial charge in [-0.2, -0.15) is 0 Å². The molecule has 1 N–H and O–H groups in total.